The number of carbonyl (C=O) groups is 4. The Morgan fingerprint density at radius 1 is 0.300 bits per heavy atom. The predicted molar refractivity (Wildman–Crippen MR) is 408 cm³/mol. The zero-order chi connectivity index (χ0) is 73.2. The van der Waals surface area contributed by atoms with Gasteiger partial charge in [-0.25, -0.2) is 9.13 Å². The Kier molecular flexibility index (Phi) is 69.1. The first kappa shape index (κ1) is 95.2. The number of ether oxygens (including phenoxy) is 4. The third-order valence-corrected chi connectivity index (χ3v) is 17.5. The lowest BCUT2D eigenvalue weighted by molar-refractivity contribution is -0.161. The Hall–Kier alpha value is -4.80. The second-order valence-corrected chi connectivity index (χ2v) is 28.1. The molecule has 0 aromatic carbocycles. The van der Waals surface area contributed by atoms with Gasteiger partial charge >= 0.3 is 39.5 Å². The summed E-state index contributed by atoms with van der Waals surface area (Å²) in [6, 6.07) is 0. The molecule has 0 aliphatic heterocycles. The molecule has 0 saturated heterocycles. The zero-order valence-corrected chi connectivity index (χ0v) is 64.1. The molecule has 0 radical (unpaired) electrons. The summed E-state index contributed by atoms with van der Waals surface area (Å²) in [4.78, 5) is 72.8. The van der Waals surface area contributed by atoms with Gasteiger partial charge in [-0.2, -0.15) is 0 Å². The summed E-state index contributed by atoms with van der Waals surface area (Å²) in [5, 5.41) is 10.6. The number of hydrogen-bond donors (Lipinski definition) is 3. The molecule has 0 fully saturated rings. The Labute approximate surface area is 605 Å². The van der Waals surface area contributed by atoms with Crippen LogP contribution in [0.1, 0.15) is 297 Å². The molecule has 19 heteroatoms. The van der Waals surface area contributed by atoms with E-state index in [1.807, 2.05) is 18.2 Å². The number of hydrogen-bond acceptors (Lipinski definition) is 15. The standard InChI is InChI=1S/C81H136O17P2/c1-5-9-13-17-21-25-29-33-36-37-40-43-46-50-54-58-62-66-79(84)92-71-76(97-80(85)67-63-59-55-51-47-41-32-28-24-20-16-12-8-4)73-95-99(87,88)93-69-75(82)70-94-100(89,90)96-74-77(98-81(86)68-64-60-56-52-48-44-39-35-31-27-23-19-15-11-7-3)72-91-78(83)65-61-57-53-49-45-42-38-34-30-26-22-18-14-10-6-2/h9-10,13-14,21-22,25-26,28,32-36,38-40,43,45,49,57,61,75-77,82H,5-8,11-12,15-20,23-24,27,29-31,37,41-42,44,46-48,50-56,58-60,62-74H2,1-4H3,(H,87,88)(H,89,90)/b13-9-,14-10-,25-21-,26-22-,32-28-,36-33-,38-34-,39-35-,43-40-,49-45-,61-57-. The molecule has 5 atom stereocenters. The Morgan fingerprint density at radius 3 is 0.910 bits per heavy atom. The highest BCUT2D eigenvalue weighted by molar-refractivity contribution is 7.47. The number of allylic oxidation sites excluding steroid dienone is 21. The van der Waals surface area contributed by atoms with Crippen LogP contribution in [-0.4, -0.2) is 96.7 Å². The lowest BCUT2D eigenvalue weighted by Gasteiger charge is -2.21. The highest BCUT2D eigenvalue weighted by atomic mass is 31.2. The quantitative estimate of drug-likeness (QED) is 0.0169. The van der Waals surface area contributed by atoms with Crippen LogP contribution in [0, 0.1) is 0 Å². The van der Waals surface area contributed by atoms with Crippen molar-refractivity contribution in [1.82, 2.24) is 0 Å². The van der Waals surface area contributed by atoms with Crippen molar-refractivity contribution in [2.24, 2.45) is 0 Å². The van der Waals surface area contributed by atoms with Gasteiger partial charge in [-0.05, 0) is 141 Å². The van der Waals surface area contributed by atoms with Gasteiger partial charge in [0, 0.05) is 19.3 Å². The van der Waals surface area contributed by atoms with E-state index < -0.39 is 97.5 Å². The van der Waals surface area contributed by atoms with Gasteiger partial charge in [0.2, 0.25) is 0 Å². The van der Waals surface area contributed by atoms with Crippen molar-refractivity contribution >= 4 is 39.5 Å². The first-order valence-corrected chi connectivity index (χ1v) is 41.4. The largest absolute Gasteiger partial charge is 0.472 e. The molecule has 0 aromatic heterocycles. The van der Waals surface area contributed by atoms with Gasteiger partial charge in [0.25, 0.3) is 0 Å². The van der Waals surface area contributed by atoms with Gasteiger partial charge in [-0.1, -0.05) is 264 Å². The van der Waals surface area contributed by atoms with Crippen LogP contribution in [0.3, 0.4) is 0 Å². The van der Waals surface area contributed by atoms with E-state index in [9.17, 15) is 43.2 Å². The predicted octanol–water partition coefficient (Wildman–Crippen LogP) is 22.1. The van der Waals surface area contributed by atoms with Crippen molar-refractivity contribution in [2.75, 3.05) is 39.6 Å². The maximum atomic E-state index is 13.1. The SMILES string of the molecule is CC/C=C\C/C=C\C/C=C\C/C=C\C/C=C\CC(=O)OCC(COP(=O)(O)OCC(O)COP(=O)(O)OCC(COC(=O)CCCCCC/C=C\C/C=C\C/C=C\C/C=C\CC)OC(=O)CCCCCCC/C=C\CCCCCC)OC(=O)CCCCCCC/C=C\CCCCCCCC. The lowest BCUT2D eigenvalue weighted by Crippen LogP contribution is -2.30. The van der Waals surface area contributed by atoms with E-state index in [0.29, 0.717) is 25.7 Å². The Morgan fingerprint density at radius 2 is 0.560 bits per heavy atom. The number of phosphoric acid groups is 2. The molecular formula is C81H136O17P2. The van der Waals surface area contributed by atoms with Gasteiger partial charge in [0.05, 0.1) is 32.8 Å². The Bertz CT molecular complexity index is 2420. The normalized spacial score (nSPS) is 14.7. The second-order valence-electron chi connectivity index (χ2n) is 25.2. The summed E-state index contributed by atoms with van der Waals surface area (Å²) in [7, 11) is -9.99. The first-order chi connectivity index (χ1) is 48.7. The topological polar surface area (TPSA) is 237 Å². The average Bonchev–Trinajstić information content (AvgIpc) is 0.988. The van der Waals surface area contributed by atoms with Crippen LogP contribution in [0.4, 0.5) is 0 Å². The minimum absolute atomic E-state index is 0.0627. The van der Waals surface area contributed by atoms with Gasteiger partial charge in [0.1, 0.15) is 19.3 Å². The molecule has 0 bridgehead atoms. The number of rotatable bonds is 71. The maximum Gasteiger partial charge on any atom is 0.472 e. The fourth-order valence-corrected chi connectivity index (χ4v) is 11.4. The molecule has 0 aliphatic carbocycles. The van der Waals surface area contributed by atoms with Gasteiger partial charge in [0.15, 0.2) is 12.2 Å². The van der Waals surface area contributed by atoms with Crippen molar-refractivity contribution in [1.29, 1.82) is 0 Å². The number of carbonyl (C=O) groups excluding carboxylic acids is 4. The van der Waals surface area contributed by atoms with Crippen LogP contribution in [0.15, 0.2) is 134 Å². The van der Waals surface area contributed by atoms with Crippen molar-refractivity contribution in [3.63, 3.8) is 0 Å². The summed E-state index contributed by atoms with van der Waals surface area (Å²) in [6.07, 6.45) is 80.4. The van der Waals surface area contributed by atoms with Crippen LogP contribution in [0.2, 0.25) is 0 Å². The van der Waals surface area contributed by atoms with E-state index >= 15 is 0 Å². The summed E-state index contributed by atoms with van der Waals surface area (Å²) < 4.78 is 68.3. The third-order valence-electron chi connectivity index (χ3n) is 15.6. The molecule has 0 heterocycles. The number of phosphoric ester groups is 2. The lowest BCUT2D eigenvalue weighted by atomic mass is 10.1. The molecular weight excluding hydrogens is 1310 g/mol. The van der Waals surface area contributed by atoms with Gasteiger partial charge < -0.3 is 33.8 Å². The molecule has 0 aromatic rings. The molecule has 0 aliphatic rings. The number of unbranched alkanes of at least 4 members (excludes halogenated alkanes) is 24. The zero-order valence-electron chi connectivity index (χ0n) is 62.3. The molecule has 0 amide bonds. The molecule has 5 unspecified atom stereocenters. The van der Waals surface area contributed by atoms with E-state index in [1.54, 1.807) is 6.08 Å². The molecule has 0 rings (SSSR count). The van der Waals surface area contributed by atoms with Crippen molar-refractivity contribution in [2.45, 2.75) is 316 Å². The smallest absolute Gasteiger partial charge is 0.462 e. The van der Waals surface area contributed by atoms with Crippen LogP contribution < -0.4 is 0 Å². The molecule has 572 valence electrons. The molecule has 0 spiro atoms. The average molecular weight is 1440 g/mol. The fraction of sp³-hybridized carbons (Fsp3) is 0.679. The third kappa shape index (κ3) is 71.6. The van der Waals surface area contributed by atoms with Crippen LogP contribution in [0.25, 0.3) is 0 Å². The minimum atomic E-state index is -5.00. The summed E-state index contributed by atoms with van der Waals surface area (Å²) in [5.74, 6) is -2.37. The van der Waals surface area contributed by atoms with E-state index in [2.05, 4.69) is 137 Å². The van der Waals surface area contributed by atoms with Crippen molar-refractivity contribution in [3.8, 4) is 0 Å². The van der Waals surface area contributed by atoms with Crippen LogP contribution in [0.5, 0.6) is 0 Å². The Balaban J connectivity index is 5.45. The fourth-order valence-electron chi connectivity index (χ4n) is 9.80. The van der Waals surface area contributed by atoms with Gasteiger partial charge in [-0.15, -0.1) is 0 Å². The first-order valence-electron chi connectivity index (χ1n) is 38.4. The number of aliphatic hydroxyl groups excluding tert-OH is 1. The van der Waals surface area contributed by atoms with E-state index in [0.717, 1.165) is 154 Å². The van der Waals surface area contributed by atoms with Crippen LogP contribution >= 0.6 is 15.6 Å². The van der Waals surface area contributed by atoms with E-state index in [-0.39, 0.29) is 25.7 Å². The summed E-state index contributed by atoms with van der Waals surface area (Å²) >= 11 is 0. The maximum absolute atomic E-state index is 13.1. The number of aliphatic hydroxyl groups is 1. The summed E-state index contributed by atoms with van der Waals surface area (Å²) in [6.45, 7) is 4.46. The molecule has 100 heavy (non-hydrogen) atoms. The highest BCUT2D eigenvalue weighted by Crippen LogP contribution is 2.45. The van der Waals surface area contributed by atoms with Gasteiger partial charge in [-0.3, -0.25) is 37.3 Å². The minimum Gasteiger partial charge on any atom is -0.462 e. The monoisotopic (exact) mass is 1440 g/mol. The number of esters is 4. The summed E-state index contributed by atoms with van der Waals surface area (Å²) in [5.41, 5.74) is 0. The molecule has 3 N–H and O–H groups in total. The highest BCUT2D eigenvalue weighted by Gasteiger charge is 2.30. The molecule has 0 saturated carbocycles. The van der Waals surface area contributed by atoms with E-state index in [1.165, 1.54) is 64.2 Å². The molecule has 17 nitrogen and oxygen atoms in total. The second kappa shape index (κ2) is 72.5. The van der Waals surface area contributed by atoms with Crippen molar-refractivity contribution in [3.05, 3.63) is 134 Å². The van der Waals surface area contributed by atoms with Crippen molar-refractivity contribution < 1.29 is 80.2 Å². The van der Waals surface area contributed by atoms with E-state index in [4.69, 9.17) is 37.0 Å². The van der Waals surface area contributed by atoms with Crippen LogP contribution in [-0.2, 0) is 65.4 Å².